The van der Waals surface area contributed by atoms with Crippen LogP contribution in [-0.4, -0.2) is 30.0 Å². The first kappa shape index (κ1) is 21.3. The molecule has 0 saturated heterocycles. The van der Waals surface area contributed by atoms with Gasteiger partial charge >= 0.3 is 0 Å². The topological polar surface area (TPSA) is 77.0 Å². The largest absolute Gasteiger partial charge is 0.457 e. The summed E-state index contributed by atoms with van der Waals surface area (Å²) in [5, 5.41) is 6.39. The first-order chi connectivity index (χ1) is 14.6. The van der Waals surface area contributed by atoms with Gasteiger partial charge in [-0.05, 0) is 42.0 Å². The molecule has 1 unspecified atom stereocenters. The number of para-hydroxylation sites is 1. The van der Waals surface area contributed by atoms with E-state index >= 15 is 0 Å². The third-order valence-electron chi connectivity index (χ3n) is 4.20. The number of likely N-dealkylation sites (N-methyl/N-ethyl adjacent to an activating group) is 1. The predicted octanol–water partition coefficient (Wildman–Crippen LogP) is 3.88. The van der Waals surface area contributed by atoms with E-state index in [2.05, 4.69) is 10.5 Å². The molecule has 3 rings (SSSR count). The van der Waals surface area contributed by atoms with Crippen LogP contribution in [0.1, 0.15) is 11.1 Å². The van der Waals surface area contributed by atoms with Crippen molar-refractivity contribution in [2.24, 2.45) is 5.16 Å². The van der Waals surface area contributed by atoms with Gasteiger partial charge in [-0.2, -0.15) is 0 Å². The summed E-state index contributed by atoms with van der Waals surface area (Å²) in [6, 6.07) is 23.8. The van der Waals surface area contributed by atoms with Crippen LogP contribution in [0.3, 0.4) is 0 Å². The summed E-state index contributed by atoms with van der Waals surface area (Å²) in [6.07, 6.45) is 0. The molecule has 0 spiro atoms. The SMILES string of the molecule is CNC(=O)/C(=N\OC)c1ccccc1Oc1cccc(CS(=O)c2ccccc2)c1. The first-order valence-electron chi connectivity index (χ1n) is 9.25. The first-order valence-corrected chi connectivity index (χ1v) is 10.6. The quantitative estimate of drug-likeness (QED) is 0.441. The number of hydrogen-bond donors (Lipinski definition) is 1. The number of carbonyl (C=O) groups is 1. The number of benzene rings is 3. The third-order valence-corrected chi connectivity index (χ3v) is 5.59. The number of ether oxygens (including phenoxy) is 1. The molecule has 7 heteroatoms. The second-order valence-corrected chi connectivity index (χ2v) is 7.70. The summed E-state index contributed by atoms with van der Waals surface area (Å²) < 4.78 is 18.6. The average molecular weight is 423 g/mol. The molecule has 1 amide bonds. The van der Waals surface area contributed by atoms with Crippen LogP contribution in [0, 0.1) is 0 Å². The van der Waals surface area contributed by atoms with Crippen molar-refractivity contribution >= 4 is 22.4 Å². The number of hydrogen-bond acceptors (Lipinski definition) is 5. The number of amides is 1. The molecule has 0 radical (unpaired) electrons. The second-order valence-electron chi connectivity index (χ2n) is 6.25. The molecule has 3 aromatic rings. The number of nitrogens with one attached hydrogen (secondary N) is 1. The Morgan fingerprint density at radius 2 is 1.73 bits per heavy atom. The van der Waals surface area contributed by atoms with Crippen molar-refractivity contribution in [3.05, 3.63) is 90.0 Å². The van der Waals surface area contributed by atoms with Gasteiger partial charge in [0, 0.05) is 11.9 Å². The van der Waals surface area contributed by atoms with Gasteiger partial charge in [0.05, 0.1) is 22.1 Å². The van der Waals surface area contributed by atoms with Gasteiger partial charge in [-0.3, -0.25) is 9.00 Å². The third kappa shape index (κ3) is 5.33. The molecule has 0 aliphatic heterocycles. The molecule has 154 valence electrons. The van der Waals surface area contributed by atoms with Gasteiger partial charge in [0.25, 0.3) is 5.91 Å². The van der Waals surface area contributed by atoms with Crippen molar-refractivity contribution in [3.8, 4) is 11.5 Å². The van der Waals surface area contributed by atoms with E-state index in [0.717, 1.165) is 10.5 Å². The number of oxime groups is 1. The molecule has 0 heterocycles. The lowest BCUT2D eigenvalue weighted by atomic mass is 10.1. The highest BCUT2D eigenvalue weighted by atomic mass is 32.2. The van der Waals surface area contributed by atoms with E-state index in [9.17, 15) is 9.00 Å². The minimum atomic E-state index is -1.16. The van der Waals surface area contributed by atoms with Gasteiger partial charge in [0.2, 0.25) is 0 Å². The van der Waals surface area contributed by atoms with Crippen molar-refractivity contribution < 1.29 is 18.6 Å². The normalized spacial score (nSPS) is 12.1. The molecule has 30 heavy (non-hydrogen) atoms. The van der Waals surface area contributed by atoms with E-state index in [-0.39, 0.29) is 11.6 Å². The van der Waals surface area contributed by atoms with E-state index < -0.39 is 10.8 Å². The summed E-state index contributed by atoms with van der Waals surface area (Å²) in [5.41, 5.74) is 1.48. The Morgan fingerprint density at radius 1 is 1.00 bits per heavy atom. The Balaban J connectivity index is 1.84. The number of carbonyl (C=O) groups excluding carboxylic acids is 1. The van der Waals surface area contributed by atoms with Crippen LogP contribution in [0.5, 0.6) is 11.5 Å². The molecule has 6 nitrogen and oxygen atoms in total. The zero-order chi connectivity index (χ0) is 21.3. The number of rotatable bonds is 8. The fourth-order valence-electron chi connectivity index (χ4n) is 2.81. The van der Waals surface area contributed by atoms with Gasteiger partial charge in [0.15, 0.2) is 5.71 Å². The van der Waals surface area contributed by atoms with Gasteiger partial charge in [-0.25, -0.2) is 0 Å². The van der Waals surface area contributed by atoms with Gasteiger partial charge in [-0.1, -0.05) is 47.6 Å². The molecular formula is C23H22N2O4S. The zero-order valence-corrected chi connectivity index (χ0v) is 17.5. The lowest BCUT2D eigenvalue weighted by Crippen LogP contribution is -2.28. The van der Waals surface area contributed by atoms with Crippen LogP contribution in [-0.2, 0) is 26.2 Å². The van der Waals surface area contributed by atoms with Gasteiger partial charge in [0.1, 0.15) is 18.6 Å². The Morgan fingerprint density at radius 3 is 2.47 bits per heavy atom. The van der Waals surface area contributed by atoms with E-state index in [1.807, 2.05) is 48.5 Å². The molecular weight excluding hydrogens is 400 g/mol. The fourth-order valence-corrected chi connectivity index (χ4v) is 3.92. The van der Waals surface area contributed by atoms with E-state index in [1.165, 1.54) is 14.2 Å². The highest BCUT2D eigenvalue weighted by Crippen LogP contribution is 2.27. The van der Waals surface area contributed by atoms with Crippen molar-refractivity contribution in [1.29, 1.82) is 0 Å². The van der Waals surface area contributed by atoms with E-state index in [1.54, 1.807) is 30.3 Å². The molecule has 3 aromatic carbocycles. The fraction of sp³-hybridized carbons (Fsp3) is 0.130. The summed E-state index contributed by atoms with van der Waals surface area (Å²) >= 11 is 0. The van der Waals surface area contributed by atoms with Crippen LogP contribution in [0.25, 0.3) is 0 Å². The molecule has 0 fully saturated rings. The molecule has 1 atom stereocenters. The monoisotopic (exact) mass is 422 g/mol. The summed E-state index contributed by atoms with van der Waals surface area (Å²) in [4.78, 5) is 17.8. The minimum Gasteiger partial charge on any atom is -0.457 e. The van der Waals surface area contributed by atoms with Crippen LogP contribution >= 0.6 is 0 Å². The molecule has 1 N–H and O–H groups in total. The van der Waals surface area contributed by atoms with Crippen LogP contribution in [0.2, 0.25) is 0 Å². The van der Waals surface area contributed by atoms with Crippen molar-refractivity contribution in [1.82, 2.24) is 5.32 Å². The van der Waals surface area contributed by atoms with Crippen molar-refractivity contribution in [2.45, 2.75) is 10.6 Å². The molecule has 0 aliphatic carbocycles. The van der Waals surface area contributed by atoms with Gasteiger partial charge < -0.3 is 14.9 Å². The van der Waals surface area contributed by atoms with Crippen LogP contribution < -0.4 is 10.1 Å². The van der Waals surface area contributed by atoms with Gasteiger partial charge in [-0.15, -0.1) is 0 Å². The summed E-state index contributed by atoms with van der Waals surface area (Å²) in [7, 11) is 1.74. The van der Waals surface area contributed by atoms with Crippen LogP contribution in [0.15, 0.2) is 88.9 Å². The van der Waals surface area contributed by atoms with Crippen LogP contribution in [0.4, 0.5) is 0 Å². The van der Waals surface area contributed by atoms with E-state index in [4.69, 9.17) is 9.57 Å². The number of nitrogens with zero attached hydrogens (tertiary/aromatic N) is 1. The van der Waals surface area contributed by atoms with Crippen molar-refractivity contribution in [2.75, 3.05) is 14.2 Å². The second kappa shape index (κ2) is 10.4. The highest BCUT2D eigenvalue weighted by molar-refractivity contribution is 7.84. The Hall–Kier alpha value is -3.45. The maximum Gasteiger partial charge on any atom is 0.273 e. The maximum absolute atomic E-state index is 12.6. The molecule has 0 aromatic heterocycles. The lowest BCUT2D eigenvalue weighted by molar-refractivity contribution is -0.114. The lowest BCUT2D eigenvalue weighted by Gasteiger charge is -2.13. The highest BCUT2D eigenvalue weighted by Gasteiger charge is 2.18. The Bertz CT molecular complexity index is 1070. The Kier molecular flexibility index (Phi) is 7.34. The minimum absolute atomic E-state index is 0.108. The van der Waals surface area contributed by atoms with Crippen molar-refractivity contribution in [3.63, 3.8) is 0 Å². The maximum atomic E-state index is 12.6. The molecule has 0 saturated carbocycles. The smallest absolute Gasteiger partial charge is 0.273 e. The molecule has 0 bridgehead atoms. The zero-order valence-electron chi connectivity index (χ0n) is 16.7. The summed E-state index contributed by atoms with van der Waals surface area (Å²) in [6.45, 7) is 0. The predicted molar refractivity (Wildman–Crippen MR) is 117 cm³/mol. The van der Waals surface area contributed by atoms with E-state index in [0.29, 0.717) is 22.8 Å². The summed E-state index contributed by atoms with van der Waals surface area (Å²) in [5.74, 6) is 1.01. The molecule has 0 aliphatic rings. The Labute approximate surface area is 178 Å². The standard InChI is InChI=1S/C23H22N2O4S/c1-24-23(26)22(25-28-2)20-13-6-7-14-21(20)29-18-10-8-9-17(15-18)16-30(27)19-11-4-3-5-12-19/h3-15H,16H2,1-2H3,(H,24,26)/b25-22-. The average Bonchev–Trinajstić information content (AvgIpc) is 2.78.